The first-order valence-corrected chi connectivity index (χ1v) is 7.45. The molecule has 3 N–H and O–H groups in total. The Bertz CT molecular complexity index is 651. The second-order valence-corrected chi connectivity index (χ2v) is 5.26. The third-order valence-corrected chi connectivity index (χ3v) is 3.21. The minimum Gasteiger partial charge on any atom is -0.454 e. The van der Waals surface area contributed by atoms with E-state index >= 15 is 0 Å². The van der Waals surface area contributed by atoms with Crippen molar-refractivity contribution in [3.8, 4) is 0 Å². The lowest BCUT2D eigenvalue weighted by Crippen LogP contribution is -2.40. The minimum atomic E-state index is -0.779. The Morgan fingerprint density at radius 2 is 1.75 bits per heavy atom. The largest absolute Gasteiger partial charge is 0.454 e. The molecule has 10 heteroatoms. The van der Waals surface area contributed by atoms with Crippen LogP contribution in [0.2, 0.25) is 10.0 Å². The lowest BCUT2D eigenvalue weighted by atomic mass is 10.2. The van der Waals surface area contributed by atoms with Gasteiger partial charge < -0.3 is 20.7 Å². The summed E-state index contributed by atoms with van der Waals surface area (Å²) in [4.78, 5) is 45.6. The predicted octanol–water partition coefficient (Wildman–Crippen LogP) is 0.129. The highest BCUT2D eigenvalue weighted by Crippen LogP contribution is 2.20. The fourth-order valence-electron chi connectivity index (χ4n) is 1.43. The van der Waals surface area contributed by atoms with Crippen LogP contribution in [0.3, 0.4) is 0 Å². The number of benzene rings is 1. The van der Waals surface area contributed by atoms with Crippen molar-refractivity contribution in [2.24, 2.45) is 0 Å². The monoisotopic (exact) mass is 375 g/mol. The van der Waals surface area contributed by atoms with E-state index in [-0.39, 0.29) is 17.1 Å². The molecule has 1 rings (SSSR count). The molecule has 8 nitrogen and oxygen atoms in total. The molecule has 1 aromatic carbocycles. The summed E-state index contributed by atoms with van der Waals surface area (Å²) in [6.07, 6.45) is 0. The molecule has 0 saturated heterocycles. The van der Waals surface area contributed by atoms with Crippen LogP contribution < -0.4 is 16.0 Å². The number of ether oxygens (including phenoxy) is 1. The van der Waals surface area contributed by atoms with Gasteiger partial charge in [-0.2, -0.15) is 0 Å². The standard InChI is InChI=1S/C14H15Cl2N3O5/c1-17-12(21)7-24-13(22)6-18-11(20)5-19-14(23)9-3-2-8(15)4-10(9)16/h2-4H,5-7H2,1H3,(H,17,21)(H,18,20)(H,19,23). The molecule has 0 unspecified atom stereocenters. The fourth-order valence-corrected chi connectivity index (χ4v) is 1.93. The van der Waals surface area contributed by atoms with E-state index in [1.807, 2.05) is 0 Å². The van der Waals surface area contributed by atoms with E-state index in [1.165, 1.54) is 25.2 Å². The highest BCUT2D eigenvalue weighted by Gasteiger charge is 2.13. The highest BCUT2D eigenvalue weighted by atomic mass is 35.5. The summed E-state index contributed by atoms with van der Waals surface area (Å²) in [5.74, 6) is -2.42. The summed E-state index contributed by atoms with van der Waals surface area (Å²) in [5, 5.41) is 7.39. The SMILES string of the molecule is CNC(=O)COC(=O)CNC(=O)CNC(=O)c1ccc(Cl)cc1Cl. The zero-order valence-corrected chi connectivity index (χ0v) is 14.2. The Hall–Kier alpha value is -2.32. The molecule has 0 radical (unpaired) electrons. The first-order valence-electron chi connectivity index (χ1n) is 6.69. The maximum atomic E-state index is 11.9. The molecular weight excluding hydrogens is 361 g/mol. The van der Waals surface area contributed by atoms with Crippen molar-refractivity contribution in [2.45, 2.75) is 0 Å². The number of likely N-dealkylation sites (N-methyl/N-ethyl adjacent to an activating group) is 1. The van der Waals surface area contributed by atoms with Gasteiger partial charge in [0.05, 0.1) is 17.1 Å². The number of amides is 3. The van der Waals surface area contributed by atoms with Crippen molar-refractivity contribution >= 4 is 46.9 Å². The van der Waals surface area contributed by atoms with Crippen LogP contribution in [-0.2, 0) is 19.1 Å². The van der Waals surface area contributed by atoms with E-state index in [9.17, 15) is 19.2 Å². The Labute approximate surface area is 147 Å². The van der Waals surface area contributed by atoms with Gasteiger partial charge in [-0.3, -0.25) is 19.2 Å². The molecule has 0 saturated carbocycles. The van der Waals surface area contributed by atoms with Crippen molar-refractivity contribution in [1.29, 1.82) is 0 Å². The fraction of sp³-hybridized carbons (Fsp3) is 0.286. The highest BCUT2D eigenvalue weighted by molar-refractivity contribution is 6.36. The average molecular weight is 376 g/mol. The van der Waals surface area contributed by atoms with E-state index < -0.39 is 36.8 Å². The summed E-state index contributed by atoms with van der Waals surface area (Å²) >= 11 is 11.6. The lowest BCUT2D eigenvalue weighted by Gasteiger charge is -2.08. The zero-order chi connectivity index (χ0) is 18.1. The number of hydrogen-bond donors (Lipinski definition) is 3. The van der Waals surface area contributed by atoms with Gasteiger partial charge in [-0.15, -0.1) is 0 Å². The van der Waals surface area contributed by atoms with Crippen LogP contribution in [-0.4, -0.2) is 50.4 Å². The first-order chi connectivity index (χ1) is 11.3. The van der Waals surface area contributed by atoms with Gasteiger partial charge in [0.2, 0.25) is 5.91 Å². The van der Waals surface area contributed by atoms with E-state index in [0.29, 0.717) is 5.02 Å². The van der Waals surface area contributed by atoms with Crippen molar-refractivity contribution in [3.63, 3.8) is 0 Å². The van der Waals surface area contributed by atoms with Gasteiger partial charge >= 0.3 is 5.97 Å². The van der Waals surface area contributed by atoms with Gasteiger partial charge in [0.25, 0.3) is 11.8 Å². The van der Waals surface area contributed by atoms with Crippen molar-refractivity contribution in [3.05, 3.63) is 33.8 Å². The molecule has 0 fully saturated rings. The van der Waals surface area contributed by atoms with Crippen LogP contribution in [0.5, 0.6) is 0 Å². The number of rotatable bonds is 7. The summed E-state index contributed by atoms with van der Waals surface area (Å²) in [6.45, 7) is -1.22. The normalized spacial score (nSPS) is 9.79. The maximum Gasteiger partial charge on any atom is 0.325 e. The minimum absolute atomic E-state index is 0.151. The van der Waals surface area contributed by atoms with E-state index in [0.717, 1.165) is 0 Å². The molecule has 0 atom stereocenters. The van der Waals surface area contributed by atoms with Gasteiger partial charge in [0.15, 0.2) is 6.61 Å². The van der Waals surface area contributed by atoms with Crippen LogP contribution in [0.15, 0.2) is 18.2 Å². The number of hydrogen-bond acceptors (Lipinski definition) is 5. The van der Waals surface area contributed by atoms with Gasteiger partial charge in [-0.25, -0.2) is 0 Å². The third-order valence-electron chi connectivity index (χ3n) is 2.66. The molecule has 0 aliphatic rings. The molecule has 24 heavy (non-hydrogen) atoms. The molecular formula is C14H15Cl2N3O5. The molecule has 3 amide bonds. The maximum absolute atomic E-state index is 11.9. The van der Waals surface area contributed by atoms with Gasteiger partial charge in [0, 0.05) is 12.1 Å². The average Bonchev–Trinajstić information content (AvgIpc) is 2.55. The molecule has 1 aromatic rings. The molecule has 0 aromatic heterocycles. The Morgan fingerprint density at radius 3 is 2.38 bits per heavy atom. The van der Waals surface area contributed by atoms with Crippen molar-refractivity contribution in [2.75, 3.05) is 26.7 Å². The third kappa shape index (κ3) is 6.84. The van der Waals surface area contributed by atoms with Gasteiger partial charge in [0.1, 0.15) is 6.54 Å². The van der Waals surface area contributed by atoms with Crippen LogP contribution in [0, 0.1) is 0 Å². The van der Waals surface area contributed by atoms with Crippen molar-refractivity contribution in [1.82, 2.24) is 16.0 Å². The number of nitrogens with one attached hydrogen (secondary N) is 3. The van der Waals surface area contributed by atoms with Crippen LogP contribution in [0.1, 0.15) is 10.4 Å². The Balaban J connectivity index is 2.34. The summed E-state index contributed by atoms with van der Waals surface area (Å²) in [6, 6.07) is 4.32. The van der Waals surface area contributed by atoms with Crippen LogP contribution in [0.25, 0.3) is 0 Å². The Morgan fingerprint density at radius 1 is 1.04 bits per heavy atom. The number of carbonyl (C=O) groups is 4. The summed E-state index contributed by atoms with van der Waals surface area (Å²) < 4.78 is 4.58. The number of carbonyl (C=O) groups excluding carboxylic acids is 4. The number of esters is 1. The van der Waals surface area contributed by atoms with Gasteiger partial charge in [-0.1, -0.05) is 23.2 Å². The molecule has 0 bridgehead atoms. The molecule has 130 valence electrons. The van der Waals surface area contributed by atoms with Crippen molar-refractivity contribution < 1.29 is 23.9 Å². The zero-order valence-electron chi connectivity index (χ0n) is 12.7. The quantitative estimate of drug-likeness (QED) is 0.586. The predicted molar refractivity (Wildman–Crippen MR) is 86.8 cm³/mol. The smallest absolute Gasteiger partial charge is 0.325 e. The lowest BCUT2D eigenvalue weighted by molar-refractivity contribution is -0.148. The van der Waals surface area contributed by atoms with E-state index in [4.69, 9.17) is 23.2 Å². The Kier molecular flexibility index (Phi) is 8.00. The molecule has 0 spiro atoms. The van der Waals surface area contributed by atoms with Crippen LogP contribution >= 0.6 is 23.2 Å². The van der Waals surface area contributed by atoms with Gasteiger partial charge in [-0.05, 0) is 18.2 Å². The second-order valence-electron chi connectivity index (χ2n) is 4.42. The molecule has 0 aliphatic heterocycles. The number of halogens is 2. The first kappa shape index (κ1) is 19.7. The second kappa shape index (κ2) is 9.74. The van der Waals surface area contributed by atoms with E-state index in [1.54, 1.807) is 0 Å². The molecule has 0 aliphatic carbocycles. The summed E-state index contributed by atoms with van der Waals surface area (Å²) in [7, 11) is 1.40. The topological polar surface area (TPSA) is 114 Å². The molecule has 0 heterocycles. The van der Waals surface area contributed by atoms with E-state index in [2.05, 4.69) is 20.7 Å². The van der Waals surface area contributed by atoms with Crippen LogP contribution in [0.4, 0.5) is 0 Å². The summed E-state index contributed by atoms with van der Waals surface area (Å²) in [5.41, 5.74) is 0.166.